The van der Waals surface area contributed by atoms with Crippen LogP contribution >= 0.6 is 15.9 Å². The number of nitrogens with two attached hydrogens (primary N) is 1. The second-order valence-electron chi connectivity index (χ2n) is 4.74. The summed E-state index contributed by atoms with van der Waals surface area (Å²) in [7, 11) is 1.74. The molecule has 1 aromatic carbocycles. The fraction of sp³-hybridized carbons (Fsp3) is 0.286. The van der Waals surface area contributed by atoms with Crippen molar-refractivity contribution in [2.45, 2.75) is 20.4 Å². The van der Waals surface area contributed by atoms with E-state index in [1.807, 2.05) is 13.8 Å². The molecule has 2 N–H and O–H groups in total. The first-order valence-electron chi connectivity index (χ1n) is 6.11. The van der Waals surface area contributed by atoms with Crippen LogP contribution in [-0.2, 0) is 6.54 Å². The van der Waals surface area contributed by atoms with Crippen molar-refractivity contribution in [3.63, 3.8) is 0 Å². The van der Waals surface area contributed by atoms with Crippen LogP contribution in [0.3, 0.4) is 0 Å². The van der Waals surface area contributed by atoms with E-state index in [0.29, 0.717) is 17.8 Å². The standard InChI is InChI=1S/C14H16BrN3O2/c1-8-13(9(2)20-17-8)7-18(3)14(19)10-4-11(15)6-12(16)5-10/h4-6H,7,16H2,1-3H3. The van der Waals surface area contributed by atoms with Gasteiger partial charge in [-0.25, -0.2) is 0 Å². The fourth-order valence-electron chi connectivity index (χ4n) is 1.99. The van der Waals surface area contributed by atoms with Crippen molar-refractivity contribution in [2.24, 2.45) is 0 Å². The molecule has 0 spiro atoms. The molecule has 6 heteroatoms. The summed E-state index contributed by atoms with van der Waals surface area (Å²) in [6.07, 6.45) is 0. The molecule has 5 nitrogen and oxygen atoms in total. The highest BCUT2D eigenvalue weighted by atomic mass is 79.9. The highest BCUT2D eigenvalue weighted by Gasteiger charge is 2.17. The van der Waals surface area contributed by atoms with E-state index in [1.165, 1.54) is 0 Å². The van der Waals surface area contributed by atoms with Gasteiger partial charge >= 0.3 is 0 Å². The van der Waals surface area contributed by atoms with Crippen molar-refractivity contribution in [3.05, 3.63) is 45.3 Å². The zero-order valence-corrected chi connectivity index (χ0v) is 13.2. The molecule has 0 bridgehead atoms. The summed E-state index contributed by atoms with van der Waals surface area (Å²) in [5.41, 5.74) is 8.59. The monoisotopic (exact) mass is 337 g/mol. The van der Waals surface area contributed by atoms with E-state index in [0.717, 1.165) is 21.5 Å². The van der Waals surface area contributed by atoms with Crippen LogP contribution in [0, 0.1) is 13.8 Å². The van der Waals surface area contributed by atoms with Gasteiger partial charge in [0.05, 0.1) is 12.2 Å². The zero-order chi connectivity index (χ0) is 14.9. The lowest BCUT2D eigenvalue weighted by Gasteiger charge is -2.17. The summed E-state index contributed by atoms with van der Waals surface area (Å²) in [5, 5.41) is 3.89. The van der Waals surface area contributed by atoms with Crippen molar-refractivity contribution in [2.75, 3.05) is 12.8 Å². The van der Waals surface area contributed by atoms with Gasteiger partial charge in [0.15, 0.2) is 0 Å². The molecule has 2 rings (SSSR count). The van der Waals surface area contributed by atoms with E-state index >= 15 is 0 Å². The van der Waals surface area contributed by atoms with Gasteiger partial charge in [-0.1, -0.05) is 21.1 Å². The average molecular weight is 338 g/mol. The van der Waals surface area contributed by atoms with Crippen molar-refractivity contribution >= 4 is 27.5 Å². The maximum atomic E-state index is 12.4. The molecular weight excluding hydrogens is 322 g/mol. The molecule has 0 unspecified atom stereocenters. The molecule has 1 amide bonds. The van der Waals surface area contributed by atoms with Gasteiger partial charge in [-0.05, 0) is 32.0 Å². The van der Waals surface area contributed by atoms with Crippen LogP contribution < -0.4 is 5.73 Å². The Bertz CT molecular complexity index is 612. The highest BCUT2D eigenvalue weighted by molar-refractivity contribution is 9.10. The Labute approximate surface area is 125 Å². The van der Waals surface area contributed by atoms with Crippen LogP contribution in [0.2, 0.25) is 0 Å². The SMILES string of the molecule is Cc1noc(C)c1CN(C)C(=O)c1cc(N)cc(Br)c1. The third-order valence-corrected chi connectivity index (χ3v) is 3.55. The number of halogens is 1. The lowest BCUT2D eigenvalue weighted by molar-refractivity contribution is 0.0784. The topological polar surface area (TPSA) is 72.4 Å². The molecule has 0 saturated carbocycles. The second kappa shape index (κ2) is 5.66. The number of anilines is 1. The molecule has 106 valence electrons. The molecule has 2 aromatic rings. The van der Waals surface area contributed by atoms with Crippen LogP contribution in [0.15, 0.2) is 27.2 Å². The predicted octanol–water partition coefficient (Wildman–Crippen LogP) is 2.91. The van der Waals surface area contributed by atoms with E-state index < -0.39 is 0 Å². The molecule has 0 aliphatic carbocycles. The number of amides is 1. The third-order valence-electron chi connectivity index (χ3n) is 3.09. The number of carbonyl (C=O) groups is 1. The summed E-state index contributed by atoms with van der Waals surface area (Å²) < 4.78 is 5.89. The minimum Gasteiger partial charge on any atom is -0.399 e. The van der Waals surface area contributed by atoms with Crippen LogP contribution in [0.5, 0.6) is 0 Å². The van der Waals surface area contributed by atoms with Crippen LogP contribution in [-0.4, -0.2) is 23.0 Å². The Morgan fingerprint density at radius 3 is 2.65 bits per heavy atom. The van der Waals surface area contributed by atoms with Crippen molar-refractivity contribution < 1.29 is 9.32 Å². The van der Waals surface area contributed by atoms with Crippen LogP contribution in [0.1, 0.15) is 27.4 Å². The van der Waals surface area contributed by atoms with Crippen molar-refractivity contribution in [1.29, 1.82) is 0 Å². The van der Waals surface area contributed by atoms with Gasteiger partial charge in [0.1, 0.15) is 5.76 Å². The first-order chi connectivity index (χ1) is 9.38. The van der Waals surface area contributed by atoms with Gasteiger partial charge in [-0.2, -0.15) is 0 Å². The Balaban J connectivity index is 2.20. The highest BCUT2D eigenvalue weighted by Crippen LogP contribution is 2.20. The van der Waals surface area contributed by atoms with E-state index in [9.17, 15) is 4.79 Å². The molecule has 20 heavy (non-hydrogen) atoms. The Kier molecular flexibility index (Phi) is 4.13. The smallest absolute Gasteiger partial charge is 0.254 e. The number of nitrogens with zero attached hydrogens (tertiary/aromatic N) is 2. The molecular formula is C14H16BrN3O2. The first-order valence-corrected chi connectivity index (χ1v) is 6.91. The van der Waals surface area contributed by atoms with E-state index in [2.05, 4.69) is 21.1 Å². The molecule has 0 aliphatic rings. The average Bonchev–Trinajstić information content (AvgIpc) is 2.68. The Morgan fingerprint density at radius 2 is 2.10 bits per heavy atom. The third kappa shape index (κ3) is 3.01. The molecule has 0 aliphatic heterocycles. The lowest BCUT2D eigenvalue weighted by atomic mass is 10.1. The lowest BCUT2D eigenvalue weighted by Crippen LogP contribution is -2.26. The number of aromatic nitrogens is 1. The number of nitrogen functional groups attached to an aromatic ring is 1. The number of aryl methyl sites for hydroxylation is 2. The molecule has 0 radical (unpaired) electrons. The first kappa shape index (κ1) is 14.6. The Morgan fingerprint density at radius 1 is 1.40 bits per heavy atom. The van der Waals surface area contributed by atoms with E-state index in [1.54, 1.807) is 30.1 Å². The van der Waals surface area contributed by atoms with Gasteiger partial charge < -0.3 is 15.2 Å². The summed E-state index contributed by atoms with van der Waals surface area (Å²) in [6.45, 7) is 4.15. The number of hydrogen-bond acceptors (Lipinski definition) is 4. The van der Waals surface area contributed by atoms with Gasteiger partial charge in [0, 0.05) is 28.3 Å². The molecule has 0 saturated heterocycles. The molecule has 1 heterocycles. The number of carbonyl (C=O) groups excluding carboxylic acids is 1. The van der Waals surface area contributed by atoms with Crippen LogP contribution in [0.4, 0.5) is 5.69 Å². The van der Waals surface area contributed by atoms with Gasteiger partial charge in [-0.3, -0.25) is 4.79 Å². The van der Waals surface area contributed by atoms with E-state index in [-0.39, 0.29) is 5.91 Å². The maximum absolute atomic E-state index is 12.4. The summed E-state index contributed by atoms with van der Waals surface area (Å²) in [5.74, 6) is 0.633. The normalized spacial score (nSPS) is 10.6. The summed E-state index contributed by atoms with van der Waals surface area (Å²) in [6, 6.07) is 5.17. The van der Waals surface area contributed by atoms with Crippen molar-refractivity contribution in [3.8, 4) is 0 Å². The molecule has 0 atom stereocenters. The van der Waals surface area contributed by atoms with E-state index in [4.69, 9.17) is 10.3 Å². The fourth-order valence-corrected chi connectivity index (χ4v) is 2.50. The minimum atomic E-state index is -0.0991. The number of hydrogen-bond donors (Lipinski definition) is 1. The number of rotatable bonds is 3. The van der Waals surface area contributed by atoms with Gasteiger partial charge in [0.2, 0.25) is 0 Å². The molecule has 0 fully saturated rings. The zero-order valence-electron chi connectivity index (χ0n) is 11.6. The van der Waals surface area contributed by atoms with Crippen LogP contribution in [0.25, 0.3) is 0 Å². The van der Waals surface area contributed by atoms with Crippen molar-refractivity contribution in [1.82, 2.24) is 10.1 Å². The van der Waals surface area contributed by atoms with Gasteiger partial charge in [0.25, 0.3) is 5.91 Å². The number of benzene rings is 1. The minimum absolute atomic E-state index is 0.0991. The largest absolute Gasteiger partial charge is 0.399 e. The quantitative estimate of drug-likeness (QED) is 0.874. The predicted molar refractivity (Wildman–Crippen MR) is 80.3 cm³/mol. The summed E-state index contributed by atoms with van der Waals surface area (Å²) >= 11 is 3.34. The summed E-state index contributed by atoms with van der Waals surface area (Å²) in [4.78, 5) is 14.0. The molecule has 1 aromatic heterocycles. The van der Waals surface area contributed by atoms with Gasteiger partial charge in [-0.15, -0.1) is 0 Å². The maximum Gasteiger partial charge on any atom is 0.254 e. The Hall–Kier alpha value is -1.82. The second-order valence-corrected chi connectivity index (χ2v) is 5.65.